The van der Waals surface area contributed by atoms with Crippen LogP contribution in [0, 0.1) is 60.8 Å². The molecule has 16 aromatic rings. The molecule has 666 valence electrons. The first kappa shape index (κ1) is 83.5. The minimum atomic E-state index is -0.496. The van der Waals surface area contributed by atoms with Crippen molar-refractivity contribution in [3.63, 3.8) is 0 Å². The van der Waals surface area contributed by atoms with Crippen molar-refractivity contribution in [1.82, 2.24) is 89.8 Å². The highest BCUT2D eigenvalue weighted by atomic mass is 32.2. The van der Waals surface area contributed by atoms with Crippen LogP contribution in [0.3, 0.4) is 0 Å². The molecule has 4 saturated carbocycles. The number of hydrogen-bond donors (Lipinski definition) is 10. The number of aromatic nitrogens is 18. The number of aromatic amines is 4. The summed E-state index contributed by atoms with van der Waals surface area (Å²) in [6.45, 7) is 12.7. The van der Waals surface area contributed by atoms with Crippen molar-refractivity contribution in [3.8, 4) is 12.1 Å². The average Bonchev–Trinajstić information content (AvgIpc) is 1.59. The SMILES string of the molecule is CCc1cc(F)cc2c1[nH]c1nc(Nc3cnc(C(=O)OC)s3)nc(N3C[C@H]4C[C@@H]3C[C@H]4N)c12.CCc1cc(F)cc2c1[nH]c1nc(Oc3nnc(C)o3)nc(N3C[C@H]4C[C@@H]3C[C@H]4N)c12.CCc1cc(F)cc2c1[nH]c1nc(Sc3nnc(C)o3)nc(N3C[C@H]4C[C@@H]3C[C@H]4N)c12.CNc1cc(F)cc2c1[nH]c1nc(Sc3ccn(C)c(=O)c3)nc(N3C[C@H]4C[C@@H]3C[C@H]4N)c12. The predicted molar refractivity (Wildman–Crippen MR) is 485 cm³/mol. The number of nitrogens with two attached hydrogens (primary N) is 4. The zero-order valence-corrected chi connectivity index (χ0v) is 74.0. The van der Waals surface area contributed by atoms with Crippen LogP contribution in [0.4, 0.5) is 57.5 Å². The summed E-state index contributed by atoms with van der Waals surface area (Å²) >= 11 is 3.74. The molecule has 8 fully saturated rings. The number of aryl methyl sites for hydroxylation is 6. The Bertz CT molecular complexity index is 7010. The van der Waals surface area contributed by atoms with Crippen LogP contribution in [0.5, 0.6) is 12.1 Å². The molecule has 129 heavy (non-hydrogen) atoms. The standard InChI is InChI=1S/C23H24FN7O2S.C23H24FN7OS.C21H22FN7O2.C21H22FN7OS/c1-3-10-4-12(24)6-14-17-19(28-18(10)14)29-23(27-16-8-26-21(34-16)22(32)33-2)30-20(17)31-9-11-5-13(31)7-15(11)25;1-26-17-7-12(24)6-15-19-21(27-20(15)17)28-23(33-14-3-4-30(2)18(32)9-14)29-22(19)31-10-11-5-13(31)8-16(11)25;2*1-3-10-4-12(22)6-14-16-18(24-17(10)14)25-20(31-21-28-27-9(2)30-21)26-19(16)29-8-11-5-13(29)7-15(11)23/h4,6,8,11,13,15H,3,5,7,9,25H2,1-2H3,(H2,27,28,29,30);3-4,6-7,9,11,13,16,26H,5,8,10,25H2,1-2H3,(H,27,28,29);2*4,6,11,13,15H,3,5,7-8,23H2,1-2H3,(H,24,25,26)/t11-,13-,15-;11-,13-,16-;2*11-,13-,15-/m1111/s1. The number of halogens is 4. The second kappa shape index (κ2) is 33.0. The Hall–Kier alpha value is -12.4. The molecule has 4 aliphatic carbocycles. The number of anilines is 7. The molecule has 0 spiro atoms. The first-order valence-corrected chi connectivity index (χ1v) is 45.8. The van der Waals surface area contributed by atoms with E-state index in [1.165, 1.54) is 47.3 Å². The molecule has 12 atom stereocenters. The average molecular weight is 1810 g/mol. The van der Waals surface area contributed by atoms with Gasteiger partial charge in [-0.1, -0.05) is 37.2 Å². The first-order chi connectivity index (χ1) is 62.3. The van der Waals surface area contributed by atoms with Gasteiger partial charge in [0.1, 0.15) is 74.1 Å². The van der Waals surface area contributed by atoms with E-state index < -0.39 is 5.97 Å². The molecule has 0 amide bonds. The van der Waals surface area contributed by atoms with Gasteiger partial charge in [0.05, 0.1) is 62.6 Å². The lowest BCUT2D eigenvalue weighted by atomic mass is 10.0. The largest absolute Gasteiger partial charge is 0.464 e. The normalized spacial score (nSPS) is 22.4. The maximum absolute atomic E-state index is 14.5. The van der Waals surface area contributed by atoms with Crippen molar-refractivity contribution in [2.45, 2.75) is 174 Å². The fourth-order valence-corrected chi connectivity index (χ4v) is 22.9. The van der Waals surface area contributed by atoms with Crippen molar-refractivity contribution in [2.75, 3.05) is 70.6 Å². The maximum atomic E-state index is 14.5. The number of hydrogen-bond acceptors (Lipinski definition) is 32. The number of carbonyl (C=O) groups is 1. The van der Waals surface area contributed by atoms with Gasteiger partial charge in [-0.3, -0.25) is 4.79 Å². The van der Waals surface area contributed by atoms with Crippen LogP contribution in [0.25, 0.3) is 87.7 Å². The molecule has 16 heterocycles. The number of nitrogens with one attached hydrogen (secondary N) is 6. The number of H-pyrrole nitrogens is 4. The van der Waals surface area contributed by atoms with Gasteiger partial charge in [-0.25, -0.2) is 47.3 Å². The molecule has 8 bridgehead atoms. The summed E-state index contributed by atoms with van der Waals surface area (Å²) < 4.78 is 80.7. The molecule has 34 nitrogen and oxygen atoms in total. The van der Waals surface area contributed by atoms with E-state index in [4.69, 9.17) is 76.1 Å². The third kappa shape index (κ3) is 15.2. The number of rotatable bonds is 17. The summed E-state index contributed by atoms with van der Waals surface area (Å²) in [7, 11) is 4.80. The number of nitrogens with zero attached hydrogens (tertiary/aromatic N) is 18. The second-order valence-electron chi connectivity index (χ2n) is 34.6. The van der Waals surface area contributed by atoms with Crippen molar-refractivity contribution >= 4 is 168 Å². The van der Waals surface area contributed by atoms with E-state index in [-0.39, 0.29) is 70.1 Å². The third-order valence-corrected chi connectivity index (χ3v) is 29.3. The Labute approximate surface area is 745 Å². The molecule has 24 rings (SSSR count). The summed E-state index contributed by atoms with van der Waals surface area (Å²) in [6.07, 6.45) is 13.2. The molecule has 0 radical (unpaired) electrons. The van der Waals surface area contributed by atoms with Crippen LogP contribution in [0.1, 0.15) is 110 Å². The fourth-order valence-electron chi connectivity index (χ4n) is 20.7. The van der Waals surface area contributed by atoms with E-state index >= 15 is 0 Å². The predicted octanol–water partition coefficient (Wildman–Crippen LogP) is 13.6. The van der Waals surface area contributed by atoms with Crippen LogP contribution in [-0.4, -0.2) is 184 Å². The van der Waals surface area contributed by atoms with E-state index in [0.717, 1.165) is 205 Å². The number of esters is 1. The van der Waals surface area contributed by atoms with Crippen LogP contribution in [0.2, 0.25) is 0 Å². The summed E-state index contributed by atoms with van der Waals surface area (Å²) in [5, 5.41) is 30.5. The molecule has 8 aliphatic rings. The highest BCUT2D eigenvalue weighted by molar-refractivity contribution is 7.99. The summed E-state index contributed by atoms with van der Waals surface area (Å²) in [5.74, 6) is 4.47. The smallest absolute Gasteiger partial charge is 0.422 e. The summed E-state index contributed by atoms with van der Waals surface area (Å²) in [4.78, 5) is 89.7. The van der Waals surface area contributed by atoms with Crippen LogP contribution in [0.15, 0.2) is 107 Å². The number of fused-ring (bicyclic) bond motifs is 20. The Kier molecular flexibility index (Phi) is 21.3. The summed E-state index contributed by atoms with van der Waals surface area (Å²) in [6, 6.07) is 18.0. The van der Waals surface area contributed by atoms with Gasteiger partial charge in [0.2, 0.25) is 27.9 Å². The minimum absolute atomic E-state index is 0.0239. The maximum Gasteiger partial charge on any atom is 0.422 e. The zero-order chi connectivity index (χ0) is 89.0. The number of piperidine rings is 4. The molecule has 0 unspecified atom stereocenters. The highest BCUT2D eigenvalue weighted by Crippen LogP contribution is 2.50. The molecule has 4 saturated heterocycles. The lowest BCUT2D eigenvalue weighted by Crippen LogP contribution is -2.41. The first-order valence-electron chi connectivity index (χ1n) is 43.3. The Morgan fingerprint density at radius 3 is 1.40 bits per heavy atom. The van der Waals surface area contributed by atoms with E-state index in [0.29, 0.717) is 127 Å². The molecule has 41 heteroatoms. The van der Waals surface area contributed by atoms with Gasteiger partial charge in [0.15, 0.2) is 5.16 Å². The molecule has 4 aromatic carbocycles. The topological polar surface area (TPSA) is 456 Å². The lowest BCUT2D eigenvalue weighted by molar-refractivity contribution is 0.0600. The van der Waals surface area contributed by atoms with Gasteiger partial charge in [-0.15, -0.1) is 15.3 Å². The lowest BCUT2D eigenvalue weighted by Gasteiger charge is -2.31. The molecular formula is C88H92F4N28O6S3. The number of pyridine rings is 1. The number of benzene rings is 4. The van der Waals surface area contributed by atoms with Crippen LogP contribution >= 0.6 is 34.9 Å². The van der Waals surface area contributed by atoms with Gasteiger partial charge < -0.3 is 96.0 Å². The van der Waals surface area contributed by atoms with E-state index in [1.54, 1.807) is 82.8 Å². The van der Waals surface area contributed by atoms with Crippen LogP contribution in [-0.2, 0) is 31.0 Å². The van der Waals surface area contributed by atoms with Gasteiger partial charge >= 0.3 is 18.1 Å². The van der Waals surface area contributed by atoms with E-state index in [1.807, 2.05) is 26.8 Å². The highest BCUT2D eigenvalue weighted by Gasteiger charge is 2.49. The van der Waals surface area contributed by atoms with Crippen molar-refractivity contribution in [2.24, 2.45) is 53.7 Å². The number of carbonyl (C=O) groups excluding carboxylic acids is 1. The van der Waals surface area contributed by atoms with E-state index in [2.05, 4.69) is 80.5 Å². The second-order valence-corrected chi connectivity index (χ2v) is 37.6. The minimum Gasteiger partial charge on any atom is -0.464 e. The number of methoxy groups -OCH3 is 1. The monoisotopic (exact) mass is 1810 g/mol. The van der Waals surface area contributed by atoms with Crippen LogP contribution < -0.4 is 63.5 Å². The van der Waals surface area contributed by atoms with Crippen molar-refractivity contribution in [1.29, 1.82) is 0 Å². The molecule has 4 aliphatic heterocycles. The number of thiazole rings is 1. The third-order valence-electron chi connectivity index (χ3n) is 26.9. The molecule has 14 N–H and O–H groups in total. The molecular weight excluding hydrogens is 1720 g/mol. The van der Waals surface area contributed by atoms with Gasteiger partial charge in [0.25, 0.3) is 10.8 Å². The van der Waals surface area contributed by atoms with E-state index in [9.17, 15) is 27.2 Å². The van der Waals surface area contributed by atoms with Gasteiger partial charge in [-0.2, -0.15) is 19.9 Å². The zero-order valence-electron chi connectivity index (χ0n) is 71.5. The van der Waals surface area contributed by atoms with Gasteiger partial charge in [0, 0.05) is 153 Å². The fraction of sp³-hybridized carbons (Fsp3) is 0.398. The van der Waals surface area contributed by atoms with Gasteiger partial charge in [-0.05, 0) is 177 Å². The Morgan fingerprint density at radius 2 is 0.969 bits per heavy atom. The Morgan fingerprint density at radius 1 is 0.535 bits per heavy atom. The quantitative estimate of drug-likeness (QED) is 0.0230. The summed E-state index contributed by atoms with van der Waals surface area (Å²) in [5.41, 5.74) is 34.4. The Balaban J connectivity index is 0.000000104. The number of ether oxygens (including phenoxy) is 2. The van der Waals surface area contributed by atoms with Crippen molar-refractivity contribution in [3.05, 3.63) is 140 Å². The molecule has 12 aromatic heterocycles. The van der Waals surface area contributed by atoms with Crippen molar-refractivity contribution < 1.29 is 40.7 Å².